The zero-order valence-electron chi connectivity index (χ0n) is 18.6. The van der Waals surface area contributed by atoms with Gasteiger partial charge < -0.3 is 14.4 Å². The van der Waals surface area contributed by atoms with E-state index < -0.39 is 0 Å². The van der Waals surface area contributed by atoms with Crippen LogP contribution in [0.1, 0.15) is 24.0 Å². The molecule has 1 amide bonds. The van der Waals surface area contributed by atoms with Gasteiger partial charge in [-0.25, -0.2) is 0 Å². The predicted molar refractivity (Wildman–Crippen MR) is 122 cm³/mol. The minimum atomic E-state index is 0.174. The van der Waals surface area contributed by atoms with Gasteiger partial charge >= 0.3 is 0 Å². The van der Waals surface area contributed by atoms with Crippen molar-refractivity contribution >= 4 is 5.91 Å². The Bertz CT molecular complexity index is 907. The van der Waals surface area contributed by atoms with Crippen molar-refractivity contribution in [1.82, 2.24) is 19.7 Å². The summed E-state index contributed by atoms with van der Waals surface area (Å²) in [4.78, 5) is 24.1. The molecule has 3 aliphatic rings. The number of rotatable bonds is 5. The van der Waals surface area contributed by atoms with Crippen LogP contribution in [0.3, 0.4) is 0 Å². The van der Waals surface area contributed by atoms with Crippen LogP contribution in [0.15, 0.2) is 42.7 Å². The van der Waals surface area contributed by atoms with Crippen molar-refractivity contribution in [2.75, 3.05) is 52.5 Å². The Morgan fingerprint density at radius 1 is 0.812 bits per heavy atom. The first-order valence-corrected chi connectivity index (χ1v) is 11.8. The van der Waals surface area contributed by atoms with Crippen LogP contribution >= 0.6 is 0 Å². The summed E-state index contributed by atoms with van der Waals surface area (Å²) in [7, 11) is 0. The first-order chi connectivity index (χ1) is 15.7. The fraction of sp³-hybridized carbons (Fsp3) is 0.520. The monoisotopic (exact) mass is 436 g/mol. The number of likely N-dealkylation sites (tertiary alicyclic amines) is 1. The molecule has 170 valence electrons. The van der Waals surface area contributed by atoms with Gasteiger partial charge in [0.25, 0.3) is 0 Å². The van der Waals surface area contributed by atoms with Crippen molar-refractivity contribution in [2.45, 2.75) is 25.9 Å². The normalized spacial score (nSPS) is 20.3. The lowest BCUT2D eigenvalue weighted by atomic mass is 9.94. The van der Waals surface area contributed by atoms with Crippen molar-refractivity contribution in [3.63, 3.8) is 0 Å². The number of nitrogens with zero attached hydrogens (tertiary/aromatic N) is 4. The fourth-order valence-electron chi connectivity index (χ4n) is 4.91. The second-order valence-corrected chi connectivity index (χ2v) is 8.99. The summed E-state index contributed by atoms with van der Waals surface area (Å²) >= 11 is 0. The second-order valence-electron chi connectivity index (χ2n) is 8.99. The number of piperidine rings is 1. The van der Waals surface area contributed by atoms with E-state index in [9.17, 15) is 4.79 Å². The van der Waals surface area contributed by atoms with Crippen LogP contribution in [-0.2, 0) is 17.9 Å². The first-order valence-electron chi connectivity index (χ1n) is 11.8. The Labute approximate surface area is 189 Å². The lowest BCUT2D eigenvalue weighted by Crippen LogP contribution is -2.51. The number of carbonyl (C=O) groups excluding carboxylic acids is 1. The van der Waals surface area contributed by atoms with Gasteiger partial charge in [-0.1, -0.05) is 6.07 Å². The van der Waals surface area contributed by atoms with Gasteiger partial charge in [0.15, 0.2) is 11.5 Å². The van der Waals surface area contributed by atoms with Gasteiger partial charge in [0.05, 0.1) is 0 Å². The van der Waals surface area contributed by atoms with Crippen LogP contribution in [-0.4, -0.2) is 78.1 Å². The van der Waals surface area contributed by atoms with Crippen molar-refractivity contribution < 1.29 is 14.3 Å². The van der Waals surface area contributed by atoms with Crippen LogP contribution in [0, 0.1) is 5.92 Å². The van der Waals surface area contributed by atoms with Crippen molar-refractivity contribution in [3.05, 3.63) is 53.9 Å². The predicted octanol–water partition coefficient (Wildman–Crippen LogP) is 2.41. The zero-order valence-corrected chi connectivity index (χ0v) is 18.6. The molecular formula is C25H32N4O3. The largest absolute Gasteiger partial charge is 0.486 e. The van der Waals surface area contributed by atoms with E-state index in [0.29, 0.717) is 19.1 Å². The molecule has 0 spiro atoms. The molecule has 0 N–H and O–H groups in total. The van der Waals surface area contributed by atoms with Gasteiger partial charge in [0.1, 0.15) is 13.2 Å². The molecule has 2 saturated heterocycles. The third-order valence-corrected chi connectivity index (χ3v) is 6.79. The number of ether oxygens (including phenoxy) is 2. The summed E-state index contributed by atoms with van der Waals surface area (Å²) in [5.41, 5.74) is 2.52. The number of benzene rings is 1. The van der Waals surface area contributed by atoms with Gasteiger partial charge in [0, 0.05) is 57.6 Å². The molecule has 0 saturated carbocycles. The van der Waals surface area contributed by atoms with Crippen molar-refractivity contribution in [2.24, 2.45) is 5.92 Å². The molecule has 0 bridgehead atoms. The van der Waals surface area contributed by atoms with Gasteiger partial charge in [0.2, 0.25) is 5.91 Å². The van der Waals surface area contributed by atoms with Crippen molar-refractivity contribution in [3.8, 4) is 11.5 Å². The van der Waals surface area contributed by atoms with E-state index in [4.69, 9.17) is 9.47 Å². The van der Waals surface area contributed by atoms with Gasteiger partial charge in [-0.3, -0.25) is 19.6 Å². The van der Waals surface area contributed by atoms with Gasteiger partial charge in [-0.2, -0.15) is 0 Å². The maximum absolute atomic E-state index is 13.1. The first kappa shape index (κ1) is 21.2. The second kappa shape index (κ2) is 9.88. The number of carbonyl (C=O) groups is 1. The molecule has 0 aliphatic carbocycles. The summed E-state index contributed by atoms with van der Waals surface area (Å²) in [5, 5.41) is 0. The average Bonchev–Trinajstić information content (AvgIpc) is 2.85. The maximum Gasteiger partial charge on any atom is 0.225 e. The Morgan fingerprint density at radius 2 is 1.47 bits per heavy atom. The van der Waals surface area contributed by atoms with E-state index >= 15 is 0 Å². The molecule has 7 nitrogen and oxygen atoms in total. The number of pyridine rings is 1. The zero-order chi connectivity index (χ0) is 21.8. The highest BCUT2D eigenvalue weighted by molar-refractivity contribution is 5.79. The summed E-state index contributed by atoms with van der Waals surface area (Å²) in [5.74, 6) is 2.21. The number of hydrogen-bond donors (Lipinski definition) is 0. The summed E-state index contributed by atoms with van der Waals surface area (Å²) in [6.07, 6.45) is 5.61. The van der Waals surface area contributed by atoms with E-state index in [1.807, 2.05) is 18.5 Å². The Morgan fingerprint density at radius 3 is 2.22 bits per heavy atom. The molecule has 1 aromatic carbocycles. The molecule has 5 rings (SSSR count). The van der Waals surface area contributed by atoms with E-state index in [1.54, 1.807) is 0 Å². The molecule has 0 radical (unpaired) electrons. The van der Waals surface area contributed by atoms with Gasteiger partial charge in [-0.15, -0.1) is 0 Å². The van der Waals surface area contributed by atoms with Crippen LogP contribution < -0.4 is 9.47 Å². The van der Waals surface area contributed by atoms with E-state index in [-0.39, 0.29) is 5.92 Å². The number of piperazine rings is 1. The number of hydrogen-bond acceptors (Lipinski definition) is 6. The van der Waals surface area contributed by atoms with Crippen LogP contribution in [0.25, 0.3) is 0 Å². The number of amides is 1. The van der Waals surface area contributed by atoms with E-state index in [0.717, 1.165) is 76.7 Å². The topological polar surface area (TPSA) is 58.1 Å². The molecular weight excluding hydrogens is 404 g/mol. The quantitative estimate of drug-likeness (QED) is 0.718. The molecule has 1 aromatic heterocycles. The fourth-order valence-corrected chi connectivity index (χ4v) is 4.91. The van der Waals surface area contributed by atoms with Crippen molar-refractivity contribution in [1.29, 1.82) is 0 Å². The molecule has 0 atom stereocenters. The third-order valence-electron chi connectivity index (χ3n) is 6.79. The minimum Gasteiger partial charge on any atom is -0.486 e. The van der Waals surface area contributed by atoms with E-state index in [1.165, 1.54) is 11.1 Å². The minimum absolute atomic E-state index is 0.174. The molecule has 0 unspecified atom stereocenters. The Kier molecular flexibility index (Phi) is 6.55. The lowest BCUT2D eigenvalue weighted by Gasteiger charge is -2.38. The maximum atomic E-state index is 13.1. The Hall–Kier alpha value is -2.64. The molecule has 7 heteroatoms. The molecule has 32 heavy (non-hydrogen) atoms. The SMILES string of the molecule is O=C(C1CCN(Cc2ccncc2)CC1)N1CCN(Cc2ccc3c(c2)OCCO3)CC1. The molecule has 3 aliphatic heterocycles. The van der Waals surface area contributed by atoms with Crippen LogP contribution in [0.2, 0.25) is 0 Å². The average molecular weight is 437 g/mol. The molecule has 4 heterocycles. The smallest absolute Gasteiger partial charge is 0.225 e. The highest BCUT2D eigenvalue weighted by atomic mass is 16.6. The summed E-state index contributed by atoms with van der Waals surface area (Å²) in [6, 6.07) is 10.4. The van der Waals surface area contributed by atoms with Gasteiger partial charge in [-0.05, 0) is 61.3 Å². The highest BCUT2D eigenvalue weighted by Crippen LogP contribution is 2.31. The number of aromatic nitrogens is 1. The summed E-state index contributed by atoms with van der Waals surface area (Å²) in [6.45, 7) is 8.51. The lowest BCUT2D eigenvalue weighted by molar-refractivity contribution is -0.139. The summed E-state index contributed by atoms with van der Waals surface area (Å²) < 4.78 is 11.3. The van der Waals surface area contributed by atoms with E-state index in [2.05, 4.69) is 43.9 Å². The van der Waals surface area contributed by atoms with Crippen LogP contribution in [0.5, 0.6) is 11.5 Å². The molecule has 2 aromatic rings. The Balaban J connectivity index is 1.07. The standard InChI is InChI=1S/C25H32N4O3/c30-25(22-5-9-27(10-6-22)18-20-3-7-26-8-4-20)29-13-11-28(12-14-29)19-21-1-2-23-24(17-21)32-16-15-31-23/h1-4,7-8,17,22H,5-6,9-16,18-19H2. The molecule has 2 fully saturated rings. The van der Waals surface area contributed by atoms with Crippen LogP contribution in [0.4, 0.5) is 0 Å². The number of fused-ring (bicyclic) bond motifs is 1. The highest BCUT2D eigenvalue weighted by Gasteiger charge is 2.30. The third kappa shape index (κ3) is 5.05.